The fourth-order valence-electron chi connectivity index (χ4n) is 2.67. The van der Waals surface area contributed by atoms with Gasteiger partial charge in [-0.15, -0.1) is 0 Å². The predicted octanol–water partition coefficient (Wildman–Crippen LogP) is 4.34. The van der Waals surface area contributed by atoms with E-state index >= 15 is 0 Å². The standard InChI is InChI=1S/C19H15FN4OS/c1-11-7-8-13(9-14(11)20)22-19-23-17-16(26-19)18(25)24(10-21-17)15-6-4-3-5-12(15)2/h3-10H,1-2H3,(H,22,23). The van der Waals surface area contributed by atoms with Crippen molar-refractivity contribution in [2.24, 2.45) is 0 Å². The highest BCUT2D eigenvalue weighted by atomic mass is 32.1. The van der Waals surface area contributed by atoms with Crippen LogP contribution in [-0.2, 0) is 0 Å². The van der Waals surface area contributed by atoms with Gasteiger partial charge in [0.2, 0.25) is 0 Å². The number of thiazole rings is 1. The van der Waals surface area contributed by atoms with Gasteiger partial charge >= 0.3 is 0 Å². The molecule has 0 saturated carbocycles. The van der Waals surface area contributed by atoms with E-state index in [0.29, 0.717) is 26.7 Å². The molecule has 5 nitrogen and oxygen atoms in total. The Balaban J connectivity index is 1.76. The molecule has 1 N–H and O–H groups in total. The number of nitrogens with zero attached hydrogens (tertiary/aromatic N) is 3. The summed E-state index contributed by atoms with van der Waals surface area (Å²) in [5.74, 6) is -0.295. The highest BCUT2D eigenvalue weighted by molar-refractivity contribution is 7.22. The van der Waals surface area contributed by atoms with Crippen molar-refractivity contribution in [1.29, 1.82) is 0 Å². The molecule has 0 radical (unpaired) electrons. The molecule has 4 aromatic rings. The summed E-state index contributed by atoms with van der Waals surface area (Å²) >= 11 is 1.20. The van der Waals surface area contributed by atoms with E-state index < -0.39 is 0 Å². The van der Waals surface area contributed by atoms with Gasteiger partial charge in [0.1, 0.15) is 16.8 Å². The minimum absolute atomic E-state index is 0.176. The van der Waals surface area contributed by atoms with Gasteiger partial charge in [-0.25, -0.2) is 9.37 Å². The molecule has 2 aromatic heterocycles. The Kier molecular flexibility index (Phi) is 4.00. The molecule has 0 saturated heterocycles. The van der Waals surface area contributed by atoms with E-state index in [2.05, 4.69) is 15.3 Å². The van der Waals surface area contributed by atoms with Gasteiger partial charge in [0.05, 0.1) is 5.69 Å². The minimum atomic E-state index is -0.295. The van der Waals surface area contributed by atoms with E-state index in [-0.39, 0.29) is 11.4 Å². The average molecular weight is 366 g/mol. The number of anilines is 2. The molecule has 0 spiro atoms. The van der Waals surface area contributed by atoms with Crippen LogP contribution >= 0.6 is 11.3 Å². The predicted molar refractivity (Wildman–Crippen MR) is 102 cm³/mol. The van der Waals surface area contributed by atoms with Crippen LogP contribution in [0.3, 0.4) is 0 Å². The topological polar surface area (TPSA) is 59.8 Å². The van der Waals surface area contributed by atoms with Crippen LogP contribution < -0.4 is 10.9 Å². The smallest absolute Gasteiger partial charge is 0.277 e. The summed E-state index contributed by atoms with van der Waals surface area (Å²) in [7, 11) is 0. The Morgan fingerprint density at radius 2 is 1.92 bits per heavy atom. The molecule has 0 amide bonds. The molecule has 2 aromatic carbocycles. The molecular formula is C19H15FN4OS. The van der Waals surface area contributed by atoms with E-state index in [9.17, 15) is 9.18 Å². The Morgan fingerprint density at radius 3 is 2.69 bits per heavy atom. The second kappa shape index (κ2) is 6.34. The maximum absolute atomic E-state index is 13.7. The van der Waals surface area contributed by atoms with Gasteiger partial charge in [0.15, 0.2) is 10.8 Å². The van der Waals surface area contributed by atoms with E-state index in [1.165, 1.54) is 28.3 Å². The van der Waals surface area contributed by atoms with E-state index in [1.807, 2.05) is 31.2 Å². The molecule has 26 heavy (non-hydrogen) atoms. The molecule has 0 aliphatic carbocycles. The first-order valence-electron chi connectivity index (χ1n) is 8.00. The molecule has 130 valence electrons. The van der Waals surface area contributed by atoms with Gasteiger partial charge in [0, 0.05) is 5.69 Å². The number of aromatic nitrogens is 3. The Morgan fingerprint density at radius 1 is 1.12 bits per heavy atom. The van der Waals surface area contributed by atoms with Crippen molar-refractivity contribution in [2.45, 2.75) is 13.8 Å². The normalized spacial score (nSPS) is 11.0. The summed E-state index contributed by atoms with van der Waals surface area (Å²) in [4.78, 5) is 21.5. The van der Waals surface area contributed by atoms with Crippen LogP contribution in [0, 0.1) is 19.7 Å². The zero-order chi connectivity index (χ0) is 18.3. The van der Waals surface area contributed by atoms with Crippen molar-refractivity contribution in [3.05, 3.63) is 76.1 Å². The maximum atomic E-state index is 13.7. The number of aryl methyl sites for hydroxylation is 2. The quantitative estimate of drug-likeness (QED) is 0.586. The van der Waals surface area contributed by atoms with Crippen molar-refractivity contribution < 1.29 is 4.39 Å². The molecule has 0 atom stereocenters. The molecule has 0 fully saturated rings. The lowest BCUT2D eigenvalue weighted by Gasteiger charge is -2.07. The second-order valence-electron chi connectivity index (χ2n) is 5.97. The van der Waals surface area contributed by atoms with Crippen LogP contribution in [0.2, 0.25) is 0 Å². The third kappa shape index (κ3) is 2.86. The van der Waals surface area contributed by atoms with Crippen LogP contribution in [0.1, 0.15) is 11.1 Å². The third-order valence-corrected chi connectivity index (χ3v) is 5.06. The van der Waals surface area contributed by atoms with Crippen LogP contribution in [-0.4, -0.2) is 14.5 Å². The molecule has 0 unspecified atom stereocenters. The summed E-state index contributed by atoms with van der Waals surface area (Å²) in [5.41, 5.74) is 3.11. The fraction of sp³-hybridized carbons (Fsp3) is 0.105. The Labute approximate surface area is 152 Å². The molecule has 4 rings (SSSR count). The number of nitrogens with one attached hydrogen (secondary N) is 1. The van der Waals surface area contributed by atoms with Gasteiger partial charge in [-0.05, 0) is 43.2 Å². The third-order valence-electron chi connectivity index (χ3n) is 4.12. The highest BCUT2D eigenvalue weighted by Gasteiger charge is 2.13. The van der Waals surface area contributed by atoms with Crippen molar-refractivity contribution in [3.63, 3.8) is 0 Å². The number of para-hydroxylation sites is 1. The van der Waals surface area contributed by atoms with Gasteiger partial charge in [-0.3, -0.25) is 9.36 Å². The number of rotatable bonds is 3. The van der Waals surface area contributed by atoms with Crippen molar-refractivity contribution in [1.82, 2.24) is 14.5 Å². The van der Waals surface area contributed by atoms with Crippen molar-refractivity contribution in [3.8, 4) is 5.69 Å². The number of benzene rings is 2. The Bertz CT molecular complexity index is 1180. The molecule has 0 aliphatic rings. The minimum Gasteiger partial charge on any atom is -0.331 e. The van der Waals surface area contributed by atoms with Crippen LogP contribution in [0.5, 0.6) is 0 Å². The van der Waals surface area contributed by atoms with E-state index in [1.54, 1.807) is 19.1 Å². The Hall–Kier alpha value is -3.06. The van der Waals surface area contributed by atoms with E-state index in [4.69, 9.17) is 0 Å². The zero-order valence-electron chi connectivity index (χ0n) is 14.2. The first-order chi connectivity index (χ1) is 12.5. The maximum Gasteiger partial charge on any atom is 0.277 e. The highest BCUT2D eigenvalue weighted by Crippen LogP contribution is 2.26. The molecular weight excluding hydrogens is 351 g/mol. The first kappa shape index (κ1) is 16.4. The number of hydrogen-bond acceptors (Lipinski definition) is 5. The number of hydrogen-bond donors (Lipinski definition) is 1. The molecule has 0 aliphatic heterocycles. The van der Waals surface area contributed by atoms with Crippen LogP contribution in [0.15, 0.2) is 53.6 Å². The van der Waals surface area contributed by atoms with Gasteiger partial charge in [-0.1, -0.05) is 35.6 Å². The lowest BCUT2D eigenvalue weighted by molar-refractivity contribution is 0.619. The van der Waals surface area contributed by atoms with Crippen LogP contribution in [0.4, 0.5) is 15.2 Å². The van der Waals surface area contributed by atoms with Crippen molar-refractivity contribution >= 4 is 32.5 Å². The number of fused-ring (bicyclic) bond motifs is 1. The average Bonchev–Trinajstić information content (AvgIpc) is 3.03. The van der Waals surface area contributed by atoms with Gasteiger partial charge in [-0.2, -0.15) is 4.98 Å². The number of halogens is 1. The first-order valence-corrected chi connectivity index (χ1v) is 8.82. The van der Waals surface area contributed by atoms with Crippen molar-refractivity contribution in [2.75, 3.05) is 5.32 Å². The second-order valence-corrected chi connectivity index (χ2v) is 6.97. The molecule has 2 heterocycles. The summed E-state index contributed by atoms with van der Waals surface area (Å²) in [5, 5.41) is 3.53. The lowest BCUT2D eigenvalue weighted by atomic mass is 10.2. The van der Waals surface area contributed by atoms with Gasteiger partial charge in [0.25, 0.3) is 5.56 Å². The SMILES string of the molecule is Cc1ccc(Nc2nc3ncn(-c4ccccc4C)c(=O)c3s2)cc1F. The summed E-state index contributed by atoms with van der Waals surface area (Å²) in [6.45, 7) is 3.65. The van der Waals surface area contributed by atoms with Gasteiger partial charge < -0.3 is 5.32 Å². The largest absolute Gasteiger partial charge is 0.331 e. The fourth-order valence-corrected chi connectivity index (χ4v) is 3.54. The summed E-state index contributed by atoms with van der Waals surface area (Å²) in [6, 6.07) is 12.5. The lowest BCUT2D eigenvalue weighted by Crippen LogP contribution is -2.18. The zero-order valence-corrected chi connectivity index (χ0v) is 15.0. The molecule has 7 heteroatoms. The monoisotopic (exact) mass is 366 g/mol. The summed E-state index contributed by atoms with van der Waals surface area (Å²) < 4.78 is 15.7. The summed E-state index contributed by atoms with van der Waals surface area (Å²) in [6.07, 6.45) is 1.49. The van der Waals surface area contributed by atoms with Crippen LogP contribution in [0.25, 0.3) is 16.0 Å². The molecule has 0 bridgehead atoms. The van der Waals surface area contributed by atoms with E-state index in [0.717, 1.165) is 11.3 Å².